The van der Waals surface area contributed by atoms with E-state index in [1.54, 1.807) is 0 Å². The molecule has 0 bridgehead atoms. The number of hydrogen-bond donors (Lipinski definition) is 1. The second-order valence-electron chi connectivity index (χ2n) is 3.47. The van der Waals surface area contributed by atoms with Crippen LogP contribution >= 0.6 is 0 Å². The lowest BCUT2D eigenvalue weighted by Crippen LogP contribution is -2.05. The molecule has 6 heteroatoms. The third-order valence-electron chi connectivity index (χ3n) is 2.11. The summed E-state index contributed by atoms with van der Waals surface area (Å²) in [6.45, 7) is 1.36. The van der Waals surface area contributed by atoms with Gasteiger partial charge in [-0.2, -0.15) is 0 Å². The molecule has 0 saturated heterocycles. The van der Waals surface area contributed by atoms with Gasteiger partial charge in [0.25, 0.3) is 0 Å². The number of ketones is 1. The topological polar surface area (TPSA) is 74.2 Å². The van der Waals surface area contributed by atoms with E-state index in [-0.39, 0.29) is 36.4 Å². The number of benzene rings is 1. The van der Waals surface area contributed by atoms with Crippen LogP contribution in [0.1, 0.15) is 17.3 Å². The number of ether oxygens (including phenoxy) is 4. The summed E-state index contributed by atoms with van der Waals surface area (Å²) in [4.78, 5) is 11.3. The Morgan fingerprint density at radius 3 is 2.06 bits per heavy atom. The van der Waals surface area contributed by atoms with Crippen LogP contribution in [-0.2, 0) is 9.47 Å². The van der Waals surface area contributed by atoms with Gasteiger partial charge in [-0.3, -0.25) is 4.79 Å². The van der Waals surface area contributed by atoms with E-state index in [4.69, 9.17) is 18.9 Å². The lowest BCUT2D eigenvalue weighted by atomic mass is 10.1. The summed E-state index contributed by atoms with van der Waals surface area (Å²) in [6, 6.07) is 2.71. The Morgan fingerprint density at radius 1 is 1.11 bits per heavy atom. The molecule has 0 unspecified atom stereocenters. The largest absolute Gasteiger partial charge is 0.507 e. The van der Waals surface area contributed by atoms with Crippen molar-refractivity contribution in [1.29, 1.82) is 0 Å². The molecule has 1 rings (SSSR count). The first kappa shape index (κ1) is 14.3. The SMILES string of the molecule is COCOc1cc(O)c(C(C)=O)cc1OCOC. The molecule has 0 spiro atoms. The summed E-state index contributed by atoms with van der Waals surface area (Å²) in [5.74, 6) is 0.139. The molecule has 0 radical (unpaired) electrons. The Morgan fingerprint density at radius 2 is 1.61 bits per heavy atom. The highest BCUT2D eigenvalue weighted by Gasteiger charge is 2.14. The molecule has 0 aliphatic heterocycles. The number of carbonyl (C=O) groups is 1. The first-order chi connectivity index (χ1) is 8.60. The molecule has 0 fully saturated rings. The summed E-state index contributed by atoms with van der Waals surface area (Å²) in [7, 11) is 2.95. The van der Waals surface area contributed by atoms with E-state index in [1.807, 2.05) is 0 Å². The van der Waals surface area contributed by atoms with Crippen LogP contribution in [0.3, 0.4) is 0 Å². The molecule has 100 valence electrons. The Hall–Kier alpha value is -1.79. The Bertz CT molecular complexity index is 415. The van der Waals surface area contributed by atoms with Crippen LogP contribution in [0, 0.1) is 0 Å². The summed E-state index contributed by atoms with van der Waals surface area (Å²) in [6.07, 6.45) is 0. The van der Waals surface area contributed by atoms with Gasteiger partial charge in [-0.1, -0.05) is 0 Å². The van der Waals surface area contributed by atoms with Gasteiger partial charge in [-0.05, 0) is 13.0 Å². The Balaban J connectivity index is 3.06. The number of methoxy groups -OCH3 is 2. The maximum absolute atomic E-state index is 11.3. The van der Waals surface area contributed by atoms with Crippen LogP contribution in [0.5, 0.6) is 17.2 Å². The summed E-state index contributed by atoms with van der Waals surface area (Å²) >= 11 is 0. The van der Waals surface area contributed by atoms with E-state index < -0.39 is 0 Å². The van der Waals surface area contributed by atoms with Gasteiger partial charge in [0, 0.05) is 20.3 Å². The quantitative estimate of drug-likeness (QED) is 0.589. The maximum Gasteiger partial charge on any atom is 0.188 e. The van der Waals surface area contributed by atoms with Gasteiger partial charge in [0.1, 0.15) is 5.75 Å². The van der Waals surface area contributed by atoms with Crippen molar-refractivity contribution in [3.63, 3.8) is 0 Å². The monoisotopic (exact) mass is 256 g/mol. The van der Waals surface area contributed by atoms with Crippen LogP contribution < -0.4 is 9.47 Å². The molecule has 1 aromatic carbocycles. The van der Waals surface area contributed by atoms with Crippen molar-refractivity contribution in [3.8, 4) is 17.2 Å². The minimum absolute atomic E-state index is 0.00218. The highest BCUT2D eigenvalue weighted by Crippen LogP contribution is 2.34. The smallest absolute Gasteiger partial charge is 0.188 e. The third kappa shape index (κ3) is 3.61. The summed E-state index contributed by atoms with van der Waals surface area (Å²) < 4.78 is 20.0. The van der Waals surface area contributed by atoms with Crippen molar-refractivity contribution in [2.45, 2.75) is 6.92 Å². The van der Waals surface area contributed by atoms with Crippen LogP contribution in [0.15, 0.2) is 12.1 Å². The van der Waals surface area contributed by atoms with E-state index >= 15 is 0 Å². The minimum atomic E-state index is -0.270. The van der Waals surface area contributed by atoms with Crippen LogP contribution in [0.2, 0.25) is 0 Å². The molecule has 0 saturated carbocycles. The van der Waals surface area contributed by atoms with Gasteiger partial charge >= 0.3 is 0 Å². The number of rotatable bonds is 7. The molecule has 0 aliphatic carbocycles. The molecule has 1 aromatic rings. The number of hydrogen-bond acceptors (Lipinski definition) is 6. The molecule has 0 aliphatic rings. The van der Waals surface area contributed by atoms with E-state index in [1.165, 1.54) is 33.3 Å². The molecule has 6 nitrogen and oxygen atoms in total. The zero-order valence-electron chi connectivity index (χ0n) is 10.6. The van der Waals surface area contributed by atoms with Crippen molar-refractivity contribution in [2.24, 2.45) is 0 Å². The normalized spacial score (nSPS) is 10.2. The van der Waals surface area contributed by atoms with Crippen molar-refractivity contribution in [3.05, 3.63) is 17.7 Å². The number of Topliss-reactive ketones (excluding diaryl/α,β-unsaturated/α-hetero) is 1. The van der Waals surface area contributed by atoms with Crippen LogP contribution in [0.25, 0.3) is 0 Å². The predicted molar refractivity (Wildman–Crippen MR) is 63.1 cm³/mol. The zero-order valence-corrected chi connectivity index (χ0v) is 10.6. The van der Waals surface area contributed by atoms with Gasteiger partial charge in [0.2, 0.25) is 0 Å². The Kier molecular flexibility index (Phi) is 5.41. The van der Waals surface area contributed by atoms with E-state index in [9.17, 15) is 9.90 Å². The van der Waals surface area contributed by atoms with E-state index in [0.29, 0.717) is 5.75 Å². The first-order valence-corrected chi connectivity index (χ1v) is 5.21. The first-order valence-electron chi connectivity index (χ1n) is 5.21. The van der Waals surface area contributed by atoms with E-state index in [0.717, 1.165) is 0 Å². The number of phenols is 1. The van der Waals surface area contributed by atoms with Crippen molar-refractivity contribution >= 4 is 5.78 Å². The zero-order chi connectivity index (χ0) is 13.5. The molecular formula is C12H16O6. The summed E-state index contributed by atoms with van der Waals surface area (Å²) in [5.41, 5.74) is 0.158. The number of phenolic OH excluding ortho intramolecular Hbond substituents is 1. The fraction of sp³-hybridized carbons (Fsp3) is 0.417. The molecule has 0 heterocycles. The molecule has 18 heavy (non-hydrogen) atoms. The fourth-order valence-electron chi connectivity index (χ4n) is 1.30. The maximum atomic E-state index is 11.3. The highest BCUT2D eigenvalue weighted by molar-refractivity contribution is 5.97. The number of carbonyl (C=O) groups excluding carboxylic acids is 1. The standard InChI is InChI=1S/C12H16O6/c1-8(13)9-4-11(17-6-15-2)12(5-10(9)14)18-7-16-3/h4-5,14H,6-7H2,1-3H3. The molecule has 0 atom stereocenters. The molecule has 0 aromatic heterocycles. The molecule has 0 amide bonds. The van der Waals surface area contributed by atoms with Crippen LogP contribution in [-0.4, -0.2) is 38.7 Å². The van der Waals surface area contributed by atoms with E-state index in [2.05, 4.69) is 0 Å². The van der Waals surface area contributed by atoms with Gasteiger partial charge in [0.05, 0.1) is 5.56 Å². The van der Waals surface area contributed by atoms with Gasteiger partial charge in [-0.15, -0.1) is 0 Å². The summed E-state index contributed by atoms with van der Waals surface area (Å²) in [5, 5.41) is 9.68. The van der Waals surface area contributed by atoms with Crippen molar-refractivity contribution in [1.82, 2.24) is 0 Å². The van der Waals surface area contributed by atoms with Gasteiger partial charge in [0.15, 0.2) is 30.9 Å². The average molecular weight is 256 g/mol. The molecular weight excluding hydrogens is 240 g/mol. The van der Waals surface area contributed by atoms with Gasteiger partial charge < -0.3 is 24.1 Å². The van der Waals surface area contributed by atoms with Gasteiger partial charge in [-0.25, -0.2) is 0 Å². The lowest BCUT2D eigenvalue weighted by Gasteiger charge is -2.13. The second kappa shape index (κ2) is 6.83. The third-order valence-corrected chi connectivity index (χ3v) is 2.11. The highest BCUT2D eigenvalue weighted by atomic mass is 16.7. The second-order valence-corrected chi connectivity index (χ2v) is 3.47. The van der Waals surface area contributed by atoms with Crippen molar-refractivity contribution < 1.29 is 28.8 Å². The van der Waals surface area contributed by atoms with Crippen LogP contribution in [0.4, 0.5) is 0 Å². The molecule has 1 N–H and O–H groups in total. The lowest BCUT2D eigenvalue weighted by molar-refractivity contribution is 0.0320. The number of aromatic hydroxyl groups is 1. The van der Waals surface area contributed by atoms with Crippen molar-refractivity contribution in [2.75, 3.05) is 27.8 Å². The predicted octanol–water partition coefficient (Wildman–Crippen LogP) is 1.56. The average Bonchev–Trinajstić information content (AvgIpc) is 2.34. The minimum Gasteiger partial charge on any atom is -0.507 e. The Labute approximate surface area is 105 Å². The fourth-order valence-corrected chi connectivity index (χ4v) is 1.30.